The van der Waals surface area contributed by atoms with Gasteiger partial charge in [-0.25, -0.2) is 4.39 Å². The first kappa shape index (κ1) is 18.1. The van der Waals surface area contributed by atoms with Gasteiger partial charge in [0.25, 0.3) is 0 Å². The highest BCUT2D eigenvalue weighted by molar-refractivity contribution is 7.99. The van der Waals surface area contributed by atoms with Crippen LogP contribution in [0, 0.1) is 5.92 Å². The molecule has 1 aliphatic carbocycles. The van der Waals surface area contributed by atoms with Crippen molar-refractivity contribution in [1.82, 2.24) is 5.32 Å². The highest BCUT2D eigenvalue weighted by atomic mass is 32.2. The highest BCUT2D eigenvalue weighted by Gasteiger charge is 2.24. The van der Waals surface area contributed by atoms with Crippen molar-refractivity contribution in [1.29, 1.82) is 0 Å². The molecule has 2 N–H and O–H groups in total. The summed E-state index contributed by atoms with van der Waals surface area (Å²) in [7, 11) is 0. The van der Waals surface area contributed by atoms with E-state index in [1.807, 2.05) is 11.8 Å². The Kier molecular flexibility index (Phi) is 9.22. The second kappa shape index (κ2) is 10.7. The van der Waals surface area contributed by atoms with E-state index in [2.05, 4.69) is 11.6 Å². The molecule has 0 aromatic heterocycles. The van der Waals surface area contributed by atoms with Crippen molar-refractivity contribution < 1.29 is 14.3 Å². The molecule has 1 rings (SSSR count). The fourth-order valence-corrected chi connectivity index (χ4v) is 3.50. The van der Waals surface area contributed by atoms with Gasteiger partial charge in [0, 0.05) is 11.7 Å². The number of aliphatic hydroxyl groups is 1. The molecule has 0 spiro atoms. The van der Waals surface area contributed by atoms with Crippen LogP contribution in [-0.2, 0) is 4.79 Å². The van der Waals surface area contributed by atoms with E-state index < -0.39 is 6.67 Å². The van der Waals surface area contributed by atoms with Crippen LogP contribution in [0.25, 0.3) is 0 Å². The maximum atomic E-state index is 13.1. The molecule has 0 heterocycles. The molecular weight excluding hydrogens is 289 g/mol. The first-order chi connectivity index (χ1) is 10.2. The Bertz CT molecular complexity index is 352. The number of alkyl halides is 1. The lowest BCUT2D eigenvalue weighted by molar-refractivity contribution is -0.121. The Morgan fingerprint density at radius 1 is 1.38 bits per heavy atom. The molecule has 0 aliphatic heterocycles. The van der Waals surface area contributed by atoms with Gasteiger partial charge in [0.1, 0.15) is 6.67 Å². The van der Waals surface area contributed by atoms with Crippen molar-refractivity contribution in [2.45, 2.75) is 49.8 Å². The van der Waals surface area contributed by atoms with Crippen molar-refractivity contribution in [2.24, 2.45) is 5.92 Å². The summed E-state index contributed by atoms with van der Waals surface area (Å²) in [6, 6.07) is -0.366. The monoisotopic (exact) mass is 315 g/mol. The number of amides is 1. The van der Waals surface area contributed by atoms with Crippen LogP contribution in [0.2, 0.25) is 0 Å². The summed E-state index contributed by atoms with van der Waals surface area (Å²) in [5.74, 6) is 0.361. The molecule has 0 radical (unpaired) electrons. The van der Waals surface area contributed by atoms with E-state index in [9.17, 15) is 9.18 Å². The fourth-order valence-electron chi connectivity index (χ4n) is 2.76. The van der Waals surface area contributed by atoms with E-state index in [0.29, 0.717) is 5.92 Å². The lowest BCUT2D eigenvalue weighted by atomic mass is 9.84. The first-order valence-electron chi connectivity index (χ1n) is 7.53. The van der Waals surface area contributed by atoms with Gasteiger partial charge in [-0.3, -0.25) is 4.79 Å². The standard InChI is InChI=1S/C16H26FNO2S/c1-21-15-8-6-13(7-9-15)11-14(12-17)18-16(20)5-3-2-4-10-19/h2-4,10,13-15,19H,5-9,11-12H2,1H3,(H,18,20)/b3-2+,10-4+. The van der Waals surface area contributed by atoms with E-state index in [0.717, 1.165) is 30.8 Å². The zero-order chi connectivity index (χ0) is 15.5. The third-order valence-corrected chi connectivity index (χ3v) is 5.07. The number of rotatable bonds is 8. The fraction of sp³-hybridized carbons (Fsp3) is 0.688. The molecule has 1 fully saturated rings. The minimum atomic E-state index is -0.506. The quantitative estimate of drug-likeness (QED) is 0.529. The van der Waals surface area contributed by atoms with Gasteiger partial charge < -0.3 is 10.4 Å². The number of aliphatic hydroxyl groups excluding tert-OH is 1. The summed E-state index contributed by atoms with van der Waals surface area (Å²) in [5, 5.41) is 12.0. The van der Waals surface area contributed by atoms with Crippen molar-refractivity contribution >= 4 is 17.7 Å². The van der Waals surface area contributed by atoms with Crippen molar-refractivity contribution in [3.05, 3.63) is 24.5 Å². The van der Waals surface area contributed by atoms with Crippen molar-refractivity contribution in [3.8, 4) is 0 Å². The number of nitrogens with one attached hydrogen (secondary N) is 1. The summed E-state index contributed by atoms with van der Waals surface area (Å²) in [4.78, 5) is 11.7. The number of allylic oxidation sites excluding steroid dienone is 2. The van der Waals surface area contributed by atoms with Gasteiger partial charge in [0.15, 0.2) is 0 Å². The summed E-state index contributed by atoms with van der Waals surface area (Å²) >= 11 is 1.92. The summed E-state index contributed by atoms with van der Waals surface area (Å²) in [5.41, 5.74) is 0. The van der Waals surface area contributed by atoms with Crippen LogP contribution in [0.4, 0.5) is 4.39 Å². The molecule has 0 bridgehead atoms. The molecule has 0 saturated heterocycles. The third-order valence-electron chi connectivity index (χ3n) is 3.93. The minimum Gasteiger partial charge on any atom is -0.516 e. The molecule has 1 atom stereocenters. The molecule has 0 aromatic rings. The second-order valence-electron chi connectivity index (χ2n) is 5.51. The van der Waals surface area contributed by atoms with Gasteiger partial charge >= 0.3 is 0 Å². The zero-order valence-corrected chi connectivity index (χ0v) is 13.4. The molecule has 0 aromatic carbocycles. The maximum absolute atomic E-state index is 13.1. The number of hydrogen-bond donors (Lipinski definition) is 2. The van der Waals surface area contributed by atoms with E-state index in [-0.39, 0.29) is 18.4 Å². The average molecular weight is 315 g/mol. The molecule has 3 nitrogen and oxygen atoms in total. The maximum Gasteiger partial charge on any atom is 0.224 e. The number of halogens is 1. The van der Waals surface area contributed by atoms with Crippen LogP contribution in [0.3, 0.4) is 0 Å². The SMILES string of the molecule is CSC1CCC(CC(CF)NC(=O)C/C=C/C=C/O)CC1. The summed E-state index contributed by atoms with van der Waals surface area (Å²) < 4.78 is 13.1. The number of hydrogen-bond acceptors (Lipinski definition) is 3. The van der Waals surface area contributed by atoms with Gasteiger partial charge in [-0.15, -0.1) is 0 Å². The molecule has 1 unspecified atom stereocenters. The Labute approximate surface area is 131 Å². The number of thioether (sulfide) groups is 1. The van der Waals surface area contributed by atoms with Gasteiger partial charge in [-0.2, -0.15) is 11.8 Å². The summed E-state index contributed by atoms with van der Waals surface area (Å²) in [6.07, 6.45) is 13.4. The van der Waals surface area contributed by atoms with Crippen LogP contribution in [0.15, 0.2) is 24.5 Å². The van der Waals surface area contributed by atoms with E-state index in [1.54, 1.807) is 12.2 Å². The Balaban J connectivity index is 2.29. The van der Waals surface area contributed by atoms with Crippen LogP contribution in [0.1, 0.15) is 38.5 Å². The highest BCUT2D eigenvalue weighted by Crippen LogP contribution is 2.33. The average Bonchev–Trinajstić information content (AvgIpc) is 2.51. The first-order valence-corrected chi connectivity index (χ1v) is 8.82. The predicted octanol–water partition coefficient (Wildman–Crippen LogP) is 3.77. The molecule has 1 amide bonds. The van der Waals surface area contributed by atoms with E-state index >= 15 is 0 Å². The second-order valence-corrected chi connectivity index (χ2v) is 6.64. The van der Waals surface area contributed by atoms with E-state index in [4.69, 9.17) is 5.11 Å². The number of carbonyl (C=O) groups excluding carboxylic acids is 1. The molecule has 21 heavy (non-hydrogen) atoms. The lowest BCUT2D eigenvalue weighted by Gasteiger charge is -2.29. The van der Waals surface area contributed by atoms with Gasteiger partial charge in [0.05, 0.1) is 12.3 Å². The van der Waals surface area contributed by atoms with Crippen molar-refractivity contribution in [3.63, 3.8) is 0 Å². The molecule has 1 aliphatic rings. The third kappa shape index (κ3) is 7.55. The summed E-state index contributed by atoms with van der Waals surface area (Å²) in [6.45, 7) is -0.506. The molecule has 120 valence electrons. The van der Waals surface area contributed by atoms with Crippen LogP contribution < -0.4 is 5.32 Å². The van der Waals surface area contributed by atoms with Gasteiger partial charge in [-0.05, 0) is 50.4 Å². The smallest absolute Gasteiger partial charge is 0.224 e. The molecular formula is C16H26FNO2S. The Morgan fingerprint density at radius 3 is 2.67 bits per heavy atom. The van der Waals surface area contributed by atoms with Crippen LogP contribution in [0.5, 0.6) is 0 Å². The van der Waals surface area contributed by atoms with Gasteiger partial charge in [-0.1, -0.05) is 12.2 Å². The molecule has 5 heteroatoms. The normalized spacial score (nSPS) is 24.5. The van der Waals surface area contributed by atoms with Crippen LogP contribution >= 0.6 is 11.8 Å². The minimum absolute atomic E-state index is 0.168. The molecule has 1 saturated carbocycles. The van der Waals surface area contributed by atoms with Gasteiger partial charge in [0.2, 0.25) is 5.91 Å². The lowest BCUT2D eigenvalue weighted by Crippen LogP contribution is -2.38. The largest absolute Gasteiger partial charge is 0.516 e. The Hall–Kier alpha value is -0.970. The van der Waals surface area contributed by atoms with Crippen molar-refractivity contribution in [2.75, 3.05) is 12.9 Å². The number of carbonyl (C=O) groups is 1. The Morgan fingerprint density at radius 2 is 2.10 bits per heavy atom. The predicted molar refractivity (Wildman–Crippen MR) is 87.3 cm³/mol. The zero-order valence-electron chi connectivity index (χ0n) is 12.6. The van der Waals surface area contributed by atoms with Crippen LogP contribution in [-0.4, -0.2) is 35.2 Å². The van der Waals surface area contributed by atoms with E-state index in [1.165, 1.54) is 18.9 Å². The topological polar surface area (TPSA) is 49.3 Å².